The standard InChI is InChI=1S/C70H64N2/c1-45-27-35-49(36-28-45)71(50-37-29-46(2)30-38-50)63-43-61-65(55-21-13-11-19-53(55)63)57-23-15-17-25-59(57)69(61,67(5,6)7)70(68(8,9)10)60-26-18-16-24-58(60)66-56-22-14-12-20-54(56)64(44-62(66)70)72(51-39-31-47(3)32-40-51)52-41-33-48(4)34-42-52/h11-44H,1-10H3. The van der Waals surface area contributed by atoms with Gasteiger partial charge in [0.25, 0.3) is 0 Å². The van der Waals surface area contributed by atoms with E-state index < -0.39 is 10.8 Å². The lowest BCUT2D eigenvalue weighted by molar-refractivity contribution is 0.0595. The van der Waals surface area contributed by atoms with Crippen molar-refractivity contribution in [2.24, 2.45) is 10.8 Å². The Balaban J connectivity index is 1.28. The highest BCUT2D eigenvalue weighted by Crippen LogP contribution is 2.76. The van der Waals surface area contributed by atoms with Gasteiger partial charge in [-0.2, -0.15) is 0 Å². The van der Waals surface area contributed by atoms with Gasteiger partial charge in [-0.1, -0.05) is 209 Å². The molecule has 2 heteroatoms. The van der Waals surface area contributed by atoms with Gasteiger partial charge in [0.15, 0.2) is 0 Å². The highest BCUT2D eigenvalue weighted by Gasteiger charge is 2.71. The zero-order chi connectivity index (χ0) is 49.9. The Kier molecular flexibility index (Phi) is 10.4. The van der Waals surface area contributed by atoms with Crippen LogP contribution in [0.4, 0.5) is 34.1 Å². The molecule has 0 saturated carbocycles. The molecule has 0 amide bonds. The molecule has 0 heterocycles. The molecule has 10 aromatic carbocycles. The molecule has 0 aromatic heterocycles. The molecule has 0 spiro atoms. The first-order chi connectivity index (χ1) is 34.6. The number of hydrogen-bond donors (Lipinski definition) is 0. The number of nitrogens with zero attached hydrogens (tertiary/aromatic N) is 2. The summed E-state index contributed by atoms with van der Waals surface area (Å²) in [7, 11) is 0. The summed E-state index contributed by atoms with van der Waals surface area (Å²) in [5.74, 6) is 0. The van der Waals surface area contributed by atoms with Crippen LogP contribution in [-0.2, 0) is 10.8 Å². The molecule has 10 aromatic rings. The van der Waals surface area contributed by atoms with Gasteiger partial charge in [0.2, 0.25) is 0 Å². The number of fused-ring (bicyclic) bond motifs is 10. The molecule has 2 atom stereocenters. The lowest BCUT2D eigenvalue weighted by Gasteiger charge is -2.62. The van der Waals surface area contributed by atoms with Gasteiger partial charge in [-0.05, 0) is 154 Å². The summed E-state index contributed by atoms with van der Waals surface area (Å²) in [5, 5.41) is 5.00. The largest absolute Gasteiger partial charge is 0.310 e. The van der Waals surface area contributed by atoms with E-state index >= 15 is 0 Å². The zero-order valence-corrected chi connectivity index (χ0v) is 43.5. The second-order valence-corrected chi connectivity index (χ2v) is 22.8. The van der Waals surface area contributed by atoms with Crippen molar-refractivity contribution >= 4 is 55.7 Å². The number of hydrogen-bond acceptors (Lipinski definition) is 2. The van der Waals surface area contributed by atoms with Gasteiger partial charge in [0.1, 0.15) is 0 Å². The first-order valence-electron chi connectivity index (χ1n) is 25.8. The van der Waals surface area contributed by atoms with Crippen LogP contribution in [0, 0.1) is 38.5 Å². The molecule has 0 aliphatic heterocycles. The molecule has 72 heavy (non-hydrogen) atoms. The summed E-state index contributed by atoms with van der Waals surface area (Å²) in [6, 6.07) is 79.0. The van der Waals surface area contributed by atoms with E-state index in [2.05, 4.69) is 285 Å². The van der Waals surface area contributed by atoms with Crippen molar-refractivity contribution < 1.29 is 0 Å². The molecular weight excluding hydrogens is 869 g/mol. The van der Waals surface area contributed by atoms with Crippen LogP contribution in [0.1, 0.15) is 86.1 Å². The maximum atomic E-state index is 2.64. The Morgan fingerprint density at radius 1 is 0.292 bits per heavy atom. The van der Waals surface area contributed by atoms with Gasteiger partial charge in [-0.3, -0.25) is 0 Å². The third kappa shape index (κ3) is 6.40. The molecule has 0 bridgehead atoms. The lowest BCUT2D eigenvalue weighted by Crippen LogP contribution is -2.62. The van der Waals surface area contributed by atoms with Gasteiger partial charge < -0.3 is 9.80 Å². The minimum atomic E-state index is -0.644. The maximum absolute atomic E-state index is 2.64. The highest BCUT2D eigenvalue weighted by atomic mass is 15.2. The van der Waals surface area contributed by atoms with Crippen molar-refractivity contribution in [3.63, 3.8) is 0 Å². The topological polar surface area (TPSA) is 6.48 Å². The van der Waals surface area contributed by atoms with E-state index in [4.69, 9.17) is 0 Å². The van der Waals surface area contributed by atoms with Crippen LogP contribution in [0.5, 0.6) is 0 Å². The van der Waals surface area contributed by atoms with Crippen LogP contribution in [0.3, 0.4) is 0 Å². The van der Waals surface area contributed by atoms with Crippen molar-refractivity contribution in [2.75, 3.05) is 9.80 Å². The fraction of sp³-hybridized carbons (Fsp3) is 0.200. The van der Waals surface area contributed by atoms with Crippen molar-refractivity contribution in [3.8, 4) is 22.3 Å². The smallest absolute Gasteiger partial charge is 0.0543 e. The Labute approximate surface area is 427 Å². The molecule has 2 aliphatic carbocycles. The summed E-state index contributed by atoms with van der Waals surface area (Å²) < 4.78 is 0. The minimum absolute atomic E-state index is 0.367. The Bertz CT molecular complexity index is 3390. The molecule has 0 saturated heterocycles. The van der Waals surface area contributed by atoms with Crippen LogP contribution in [-0.4, -0.2) is 0 Å². The predicted octanol–water partition coefficient (Wildman–Crippen LogP) is 19.5. The van der Waals surface area contributed by atoms with Gasteiger partial charge >= 0.3 is 0 Å². The van der Waals surface area contributed by atoms with Crippen molar-refractivity contribution in [1.29, 1.82) is 0 Å². The van der Waals surface area contributed by atoms with E-state index in [1.807, 2.05) is 0 Å². The maximum Gasteiger partial charge on any atom is 0.0543 e. The normalized spacial score (nSPS) is 16.9. The molecule has 2 unspecified atom stereocenters. The minimum Gasteiger partial charge on any atom is -0.310 e. The summed E-state index contributed by atoms with van der Waals surface area (Å²) in [6.07, 6.45) is 0. The van der Waals surface area contributed by atoms with E-state index in [1.165, 1.54) is 99.7 Å². The Morgan fingerprint density at radius 2 is 0.556 bits per heavy atom. The fourth-order valence-corrected chi connectivity index (χ4v) is 13.8. The molecule has 354 valence electrons. The summed E-state index contributed by atoms with van der Waals surface area (Å²) in [5.41, 5.74) is 20.7. The van der Waals surface area contributed by atoms with Crippen LogP contribution in [0.15, 0.2) is 206 Å². The van der Waals surface area contributed by atoms with Crippen LogP contribution >= 0.6 is 0 Å². The quantitative estimate of drug-likeness (QED) is 0.157. The van der Waals surface area contributed by atoms with E-state index in [0.717, 1.165) is 22.7 Å². The molecule has 0 N–H and O–H groups in total. The molecular formula is C70H64N2. The predicted molar refractivity (Wildman–Crippen MR) is 308 cm³/mol. The SMILES string of the molecule is Cc1ccc(N(c2ccc(C)cc2)c2cc3c(c4ccccc24)-c2ccccc2C3(C(C)(C)C)C2(C(C)(C)C)c3ccccc3-c3c2cc(N(c2ccc(C)cc2)c2ccc(C)cc2)c2ccccc32)cc1. The zero-order valence-electron chi connectivity index (χ0n) is 43.5. The average Bonchev–Trinajstić information content (AvgIpc) is 3.85. The van der Waals surface area contributed by atoms with Gasteiger partial charge in [0, 0.05) is 44.4 Å². The fourth-order valence-electron chi connectivity index (χ4n) is 13.8. The molecule has 2 aliphatic rings. The summed E-state index contributed by atoms with van der Waals surface area (Å²) in [6.45, 7) is 23.9. The molecule has 0 fully saturated rings. The number of benzene rings is 10. The third-order valence-corrected chi connectivity index (χ3v) is 16.5. The number of aryl methyl sites for hydroxylation is 4. The van der Waals surface area contributed by atoms with Crippen molar-refractivity contribution in [3.05, 3.63) is 251 Å². The van der Waals surface area contributed by atoms with E-state index in [1.54, 1.807) is 0 Å². The van der Waals surface area contributed by atoms with Crippen LogP contribution in [0.2, 0.25) is 0 Å². The van der Waals surface area contributed by atoms with Gasteiger partial charge in [-0.25, -0.2) is 0 Å². The van der Waals surface area contributed by atoms with E-state index in [9.17, 15) is 0 Å². The number of rotatable bonds is 7. The third-order valence-electron chi connectivity index (χ3n) is 16.5. The molecule has 0 radical (unpaired) electrons. The molecule has 12 rings (SSSR count). The first-order valence-corrected chi connectivity index (χ1v) is 25.8. The monoisotopic (exact) mass is 933 g/mol. The Morgan fingerprint density at radius 3 is 0.847 bits per heavy atom. The first kappa shape index (κ1) is 45.5. The second kappa shape index (κ2) is 16.4. The van der Waals surface area contributed by atoms with Crippen LogP contribution in [0.25, 0.3) is 43.8 Å². The number of anilines is 6. The van der Waals surface area contributed by atoms with Crippen molar-refractivity contribution in [1.82, 2.24) is 0 Å². The van der Waals surface area contributed by atoms with E-state index in [0.29, 0.717) is 0 Å². The lowest BCUT2D eigenvalue weighted by atomic mass is 9.39. The summed E-state index contributed by atoms with van der Waals surface area (Å²) >= 11 is 0. The van der Waals surface area contributed by atoms with Crippen LogP contribution < -0.4 is 9.80 Å². The second-order valence-electron chi connectivity index (χ2n) is 22.8. The van der Waals surface area contributed by atoms with Gasteiger partial charge in [0.05, 0.1) is 11.4 Å². The highest BCUT2D eigenvalue weighted by molar-refractivity contribution is 6.13. The molecule has 2 nitrogen and oxygen atoms in total. The summed E-state index contributed by atoms with van der Waals surface area (Å²) in [4.78, 5) is 5.04. The van der Waals surface area contributed by atoms with Crippen molar-refractivity contribution in [2.45, 2.75) is 80.1 Å². The Hall–Kier alpha value is -7.68. The average molecular weight is 933 g/mol. The van der Waals surface area contributed by atoms with Gasteiger partial charge in [-0.15, -0.1) is 0 Å². The van der Waals surface area contributed by atoms with E-state index in [-0.39, 0.29) is 10.8 Å².